The number of nitrogen functional groups attached to an aromatic ring is 1. The standard InChI is InChI=1S/C11H10ClN5/c1-17-8-4-2-3-6(10(8)11(12)16-17)7-5-9(13)15-14-7/h2-5H,1H3,(H3,13,14,15). The monoisotopic (exact) mass is 247 g/mol. The van der Waals surface area contributed by atoms with E-state index >= 15 is 0 Å². The van der Waals surface area contributed by atoms with Gasteiger partial charge in [-0.15, -0.1) is 0 Å². The normalized spacial score (nSPS) is 11.2. The molecule has 0 spiro atoms. The predicted octanol–water partition coefficient (Wildman–Crippen LogP) is 2.20. The second-order valence-electron chi connectivity index (χ2n) is 3.82. The smallest absolute Gasteiger partial charge is 0.159 e. The molecule has 0 aliphatic heterocycles. The Bertz CT molecular complexity index is 697. The average molecular weight is 248 g/mol. The van der Waals surface area contributed by atoms with Crippen LogP contribution in [0.25, 0.3) is 22.2 Å². The third-order valence-electron chi connectivity index (χ3n) is 2.72. The summed E-state index contributed by atoms with van der Waals surface area (Å²) in [5, 5.41) is 12.4. The SMILES string of the molecule is Cn1nc(Cl)c2c(-c3cc(N)n[nH]3)cccc21. The lowest BCUT2D eigenvalue weighted by molar-refractivity contribution is 0.797. The van der Waals surface area contributed by atoms with Gasteiger partial charge in [-0.1, -0.05) is 23.7 Å². The summed E-state index contributed by atoms with van der Waals surface area (Å²) in [5.74, 6) is 0.456. The molecule has 0 aliphatic rings. The van der Waals surface area contributed by atoms with Crippen LogP contribution in [0.15, 0.2) is 24.3 Å². The molecule has 0 unspecified atom stereocenters. The molecule has 3 aromatic rings. The summed E-state index contributed by atoms with van der Waals surface area (Å²) in [6, 6.07) is 7.66. The number of rotatable bonds is 1. The number of fused-ring (bicyclic) bond motifs is 1. The number of nitrogens with one attached hydrogen (secondary N) is 1. The van der Waals surface area contributed by atoms with Crippen molar-refractivity contribution in [3.63, 3.8) is 0 Å². The predicted molar refractivity (Wildman–Crippen MR) is 67.7 cm³/mol. The van der Waals surface area contributed by atoms with Crippen molar-refractivity contribution in [1.82, 2.24) is 20.0 Å². The summed E-state index contributed by atoms with van der Waals surface area (Å²) < 4.78 is 1.75. The number of nitrogens with zero attached hydrogens (tertiary/aromatic N) is 3. The second-order valence-corrected chi connectivity index (χ2v) is 4.18. The number of hydrogen-bond acceptors (Lipinski definition) is 3. The highest BCUT2D eigenvalue weighted by atomic mass is 35.5. The van der Waals surface area contributed by atoms with E-state index in [1.54, 1.807) is 10.7 Å². The van der Waals surface area contributed by atoms with E-state index in [4.69, 9.17) is 17.3 Å². The van der Waals surface area contributed by atoms with E-state index in [2.05, 4.69) is 15.3 Å². The molecular weight excluding hydrogens is 238 g/mol. The minimum absolute atomic E-state index is 0.456. The summed E-state index contributed by atoms with van der Waals surface area (Å²) in [4.78, 5) is 0. The first kappa shape index (κ1) is 10.2. The largest absolute Gasteiger partial charge is 0.382 e. The molecule has 2 aromatic heterocycles. The topological polar surface area (TPSA) is 72.5 Å². The van der Waals surface area contributed by atoms with Crippen molar-refractivity contribution in [2.75, 3.05) is 5.73 Å². The van der Waals surface area contributed by atoms with Gasteiger partial charge in [-0.05, 0) is 6.07 Å². The number of hydrogen-bond donors (Lipinski definition) is 2. The van der Waals surface area contributed by atoms with Gasteiger partial charge in [0, 0.05) is 24.1 Å². The number of halogens is 1. The van der Waals surface area contributed by atoms with Crippen molar-refractivity contribution in [3.05, 3.63) is 29.4 Å². The molecule has 3 N–H and O–H groups in total. The Balaban J connectivity index is 2.37. The fraction of sp³-hybridized carbons (Fsp3) is 0.0909. The van der Waals surface area contributed by atoms with Gasteiger partial charge in [0.1, 0.15) is 5.82 Å². The number of anilines is 1. The third-order valence-corrected chi connectivity index (χ3v) is 2.99. The van der Waals surface area contributed by atoms with Crippen LogP contribution in [0.2, 0.25) is 5.15 Å². The van der Waals surface area contributed by atoms with Crippen LogP contribution in [-0.4, -0.2) is 20.0 Å². The molecule has 0 fully saturated rings. The molecule has 86 valence electrons. The number of aromatic amines is 1. The summed E-state index contributed by atoms with van der Waals surface area (Å²) in [6.07, 6.45) is 0. The highest BCUT2D eigenvalue weighted by Gasteiger charge is 2.13. The minimum atomic E-state index is 0.456. The third kappa shape index (κ3) is 1.47. The number of aromatic nitrogens is 4. The minimum Gasteiger partial charge on any atom is -0.382 e. The van der Waals surface area contributed by atoms with Crippen LogP contribution in [0, 0.1) is 0 Å². The highest BCUT2D eigenvalue weighted by molar-refractivity contribution is 6.35. The maximum Gasteiger partial charge on any atom is 0.159 e. The first-order valence-electron chi connectivity index (χ1n) is 5.09. The van der Waals surface area contributed by atoms with Crippen LogP contribution in [0.5, 0.6) is 0 Å². The molecule has 3 rings (SSSR count). The Labute approximate surface area is 102 Å². The fourth-order valence-corrected chi connectivity index (χ4v) is 2.27. The van der Waals surface area contributed by atoms with Crippen LogP contribution in [-0.2, 0) is 7.05 Å². The van der Waals surface area contributed by atoms with Crippen LogP contribution in [0.3, 0.4) is 0 Å². The maximum absolute atomic E-state index is 6.14. The van der Waals surface area contributed by atoms with Crippen LogP contribution >= 0.6 is 11.6 Å². The van der Waals surface area contributed by atoms with Crippen molar-refractivity contribution in [1.29, 1.82) is 0 Å². The van der Waals surface area contributed by atoms with E-state index in [0.29, 0.717) is 11.0 Å². The number of aryl methyl sites for hydroxylation is 1. The Kier molecular flexibility index (Phi) is 2.09. The molecule has 0 radical (unpaired) electrons. The van der Waals surface area contributed by atoms with Crippen LogP contribution < -0.4 is 5.73 Å². The Morgan fingerprint density at radius 1 is 1.41 bits per heavy atom. The molecule has 0 amide bonds. The molecule has 1 aromatic carbocycles. The first-order valence-corrected chi connectivity index (χ1v) is 5.47. The lowest BCUT2D eigenvalue weighted by Gasteiger charge is -2.00. The van der Waals surface area contributed by atoms with Crippen molar-refractivity contribution in [2.24, 2.45) is 7.05 Å². The van der Waals surface area contributed by atoms with Crippen molar-refractivity contribution in [2.45, 2.75) is 0 Å². The Morgan fingerprint density at radius 3 is 2.94 bits per heavy atom. The van der Waals surface area contributed by atoms with E-state index in [-0.39, 0.29) is 0 Å². The zero-order valence-electron chi connectivity index (χ0n) is 9.11. The molecule has 0 atom stereocenters. The Hall–Kier alpha value is -2.01. The van der Waals surface area contributed by atoms with E-state index in [0.717, 1.165) is 22.2 Å². The van der Waals surface area contributed by atoms with Gasteiger partial charge < -0.3 is 5.73 Å². The molecule has 17 heavy (non-hydrogen) atoms. The number of nitrogens with two attached hydrogens (primary N) is 1. The quantitative estimate of drug-likeness (QED) is 0.692. The molecule has 0 saturated carbocycles. The van der Waals surface area contributed by atoms with Gasteiger partial charge in [-0.3, -0.25) is 9.78 Å². The van der Waals surface area contributed by atoms with Gasteiger partial charge in [-0.2, -0.15) is 10.2 Å². The lowest BCUT2D eigenvalue weighted by Crippen LogP contribution is -1.88. The van der Waals surface area contributed by atoms with Gasteiger partial charge in [-0.25, -0.2) is 0 Å². The molecule has 0 bridgehead atoms. The van der Waals surface area contributed by atoms with Gasteiger partial charge >= 0.3 is 0 Å². The summed E-state index contributed by atoms with van der Waals surface area (Å²) in [5.41, 5.74) is 8.36. The van der Waals surface area contributed by atoms with Crippen molar-refractivity contribution in [3.8, 4) is 11.3 Å². The Morgan fingerprint density at radius 2 is 2.24 bits per heavy atom. The zero-order chi connectivity index (χ0) is 12.0. The van der Waals surface area contributed by atoms with E-state index in [1.165, 1.54) is 0 Å². The van der Waals surface area contributed by atoms with Crippen molar-refractivity contribution >= 4 is 28.3 Å². The van der Waals surface area contributed by atoms with Gasteiger partial charge in [0.15, 0.2) is 5.15 Å². The average Bonchev–Trinajstić information content (AvgIpc) is 2.85. The van der Waals surface area contributed by atoms with E-state index < -0.39 is 0 Å². The molecule has 6 heteroatoms. The summed E-state index contributed by atoms with van der Waals surface area (Å²) >= 11 is 6.14. The first-order chi connectivity index (χ1) is 8.16. The zero-order valence-corrected chi connectivity index (χ0v) is 9.86. The summed E-state index contributed by atoms with van der Waals surface area (Å²) in [7, 11) is 1.86. The van der Waals surface area contributed by atoms with Crippen LogP contribution in [0.4, 0.5) is 5.82 Å². The van der Waals surface area contributed by atoms with Gasteiger partial charge in [0.25, 0.3) is 0 Å². The number of benzene rings is 1. The molecule has 2 heterocycles. The van der Waals surface area contributed by atoms with E-state index in [1.807, 2.05) is 25.2 Å². The van der Waals surface area contributed by atoms with E-state index in [9.17, 15) is 0 Å². The lowest BCUT2D eigenvalue weighted by atomic mass is 10.1. The summed E-state index contributed by atoms with van der Waals surface area (Å²) in [6.45, 7) is 0. The van der Waals surface area contributed by atoms with Crippen LogP contribution in [0.1, 0.15) is 0 Å². The van der Waals surface area contributed by atoms with Gasteiger partial charge in [0.2, 0.25) is 0 Å². The fourth-order valence-electron chi connectivity index (χ4n) is 1.96. The highest BCUT2D eigenvalue weighted by Crippen LogP contribution is 2.32. The molecule has 5 nitrogen and oxygen atoms in total. The number of H-pyrrole nitrogens is 1. The van der Waals surface area contributed by atoms with Crippen molar-refractivity contribution < 1.29 is 0 Å². The van der Waals surface area contributed by atoms with Gasteiger partial charge in [0.05, 0.1) is 11.2 Å². The molecule has 0 aliphatic carbocycles. The molecule has 0 saturated heterocycles. The maximum atomic E-state index is 6.14. The second kappa shape index (κ2) is 3.49. The molecular formula is C11H10ClN5.